The monoisotopic (exact) mass is 281 g/mol. The summed E-state index contributed by atoms with van der Waals surface area (Å²) < 4.78 is 0. The fraction of sp³-hybridized carbons (Fsp3) is 0.938. The van der Waals surface area contributed by atoms with E-state index in [0.717, 1.165) is 25.9 Å². The molecule has 2 aliphatic rings. The number of piperidine rings is 2. The van der Waals surface area contributed by atoms with Crippen molar-refractivity contribution in [2.24, 2.45) is 0 Å². The Morgan fingerprint density at radius 3 is 2.45 bits per heavy atom. The summed E-state index contributed by atoms with van der Waals surface area (Å²) in [6.07, 6.45) is 7.43. The van der Waals surface area contributed by atoms with Crippen LogP contribution in [-0.4, -0.2) is 60.5 Å². The fourth-order valence-corrected chi connectivity index (χ4v) is 3.75. The van der Waals surface area contributed by atoms with Crippen LogP contribution >= 0.6 is 0 Å². The summed E-state index contributed by atoms with van der Waals surface area (Å²) in [6.45, 7) is 7.06. The van der Waals surface area contributed by atoms with Crippen LogP contribution in [0.1, 0.15) is 52.4 Å². The maximum absolute atomic E-state index is 12.5. The van der Waals surface area contributed by atoms with Crippen LogP contribution in [0, 0.1) is 0 Å². The third-order valence-electron chi connectivity index (χ3n) is 4.83. The van der Waals surface area contributed by atoms with Crippen LogP contribution in [0.3, 0.4) is 0 Å². The fourth-order valence-electron chi connectivity index (χ4n) is 3.75. The Bertz CT molecular complexity index is 305. The lowest BCUT2D eigenvalue weighted by molar-refractivity contribution is -0.138. The molecule has 2 aliphatic heterocycles. The van der Waals surface area contributed by atoms with E-state index >= 15 is 0 Å². The van der Waals surface area contributed by atoms with Gasteiger partial charge in [-0.05, 0) is 59.5 Å². The van der Waals surface area contributed by atoms with Crippen LogP contribution in [0.2, 0.25) is 0 Å². The number of likely N-dealkylation sites (tertiary alicyclic amines) is 1. The van der Waals surface area contributed by atoms with Gasteiger partial charge in [-0.1, -0.05) is 6.42 Å². The third kappa shape index (κ3) is 4.19. The van der Waals surface area contributed by atoms with Crippen LogP contribution in [0.25, 0.3) is 0 Å². The van der Waals surface area contributed by atoms with Crippen LogP contribution in [-0.2, 0) is 4.79 Å². The van der Waals surface area contributed by atoms with Gasteiger partial charge >= 0.3 is 0 Å². The zero-order valence-electron chi connectivity index (χ0n) is 13.4. The number of hydrogen-bond acceptors (Lipinski definition) is 3. The highest BCUT2D eigenvalue weighted by Gasteiger charge is 2.29. The Hall–Kier alpha value is -0.610. The first-order valence-corrected chi connectivity index (χ1v) is 8.31. The molecule has 2 heterocycles. The second kappa shape index (κ2) is 7.41. The molecule has 0 aromatic rings. The van der Waals surface area contributed by atoms with Crippen LogP contribution < -0.4 is 5.32 Å². The highest BCUT2D eigenvalue weighted by atomic mass is 16.2. The quantitative estimate of drug-likeness (QED) is 0.854. The van der Waals surface area contributed by atoms with Crippen molar-refractivity contribution in [3.63, 3.8) is 0 Å². The van der Waals surface area contributed by atoms with Crippen molar-refractivity contribution in [1.82, 2.24) is 15.1 Å². The molecular formula is C16H31N3O. The van der Waals surface area contributed by atoms with E-state index in [2.05, 4.69) is 36.0 Å². The predicted molar refractivity (Wildman–Crippen MR) is 82.8 cm³/mol. The number of nitrogens with zero attached hydrogens (tertiary/aromatic N) is 2. The second-order valence-corrected chi connectivity index (χ2v) is 6.77. The van der Waals surface area contributed by atoms with Crippen molar-refractivity contribution < 1.29 is 4.79 Å². The topological polar surface area (TPSA) is 35.6 Å². The summed E-state index contributed by atoms with van der Waals surface area (Å²) in [7, 11) is 2.08. The highest BCUT2D eigenvalue weighted by molar-refractivity contribution is 5.79. The van der Waals surface area contributed by atoms with Gasteiger partial charge in [0.05, 0.1) is 6.54 Å². The summed E-state index contributed by atoms with van der Waals surface area (Å²) in [4.78, 5) is 16.8. The molecule has 3 atom stereocenters. The average molecular weight is 281 g/mol. The molecule has 0 saturated carbocycles. The molecule has 2 saturated heterocycles. The lowest BCUT2D eigenvalue weighted by Gasteiger charge is -2.40. The Morgan fingerprint density at radius 2 is 1.85 bits per heavy atom. The van der Waals surface area contributed by atoms with Crippen LogP contribution in [0.5, 0.6) is 0 Å². The van der Waals surface area contributed by atoms with E-state index in [0.29, 0.717) is 30.6 Å². The van der Waals surface area contributed by atoms with E-state index in [9.17, 15) is 4.79 Å². The van der Waals surface area contributed by atoms with Gasteiger partial charge in [-0.3, -0.25) is 9.69 Å². The van der Waals surface area contributed by atoms with Crippen molar-refractivity contribution in [3.05, 3.63) is 0 Å². The maximum atomic E-state index is 12.5. The van der Waals surface area contributed by atoms with Gasteiger partial charge in [-0.25, -0.2) is 0 Å². The molecule has 0 aromatic heterocycles. The minimum atomic E-state index is 0.308. The average Bonchev–Trinajstić information content (AvgIpc) is 2.39. The van der Waals surface area contributed by atoms with E-state index < -0.39 is 0 Å². The van der Waals surface area contributed by atoms with Gasteiger partial charge in [-0.2, -0.15) is 0 Å². The summed E-state index contributed by atoms with van der Waals surface area (Å²) in [5.74, 6) is 0.308. The van der Waals surface area contributed by atoms with Crippen molar-refractivity contribution in [2.45, 2.75) is 70.5 Å². The van der Waals surface area contributed by atoms with E-state index in [4.69, 9.17) is 0 Å². The summed E-state index contributed by atoms with van der Waals surface area (Å²) in [5, 5.41) is 3.55. The van der Waals surface area contributed by atoms with Gasteiger partial charge in [0.2, 0.25) is 5.91 Å². The number of carbonyl (C=O) groups excluding carboxylic acids is 1. The molecule has 3 unspecified atom stereocenters. The Balaban J connectivity index is 1.80. The molecule has 4 heteroatoms. The summed E-state index contributed by atoms with van der Waals surface area (Å²) >= 11 is 0. The molecule has 0 aliphatic carbocycles. The predicted octanol–water partition coefficient (Wildman–Crippen LogP) is 1.85. The number of rotatable bonds is 4. The Kier molecular flexibility index (Phi) is 5.85. The summed E-state index contributed by atoms with van der Waals surface area (Å²) in [5.41, 5.74) is 0. The number of likely N-dealkylation sites (N-methyl/N-ethyl adjacent to an activating group) is 1. The lowest BCUT2D eigenvalue weighted by atomic mass is 9.97. The van der Waals surface area contributed by atoms with Crippen molar-refractivity contribution >= 4 is 5.91 Å². The zero-order chi connectivity index (χ0) is 14.5. The first kappa shape index (κ1) is 15.8. The minimum Gasteiger partial charge on any atom is -0.336 e. The van der Waals surface area contributed by atoms with E-state index in [-0.39, 0.29) is 0 Å². The molecule has 1 N–H and O–H groups in total. The van der Waals surface area contributed by atoms with Crippen molar-refractivity contribution in [3.8, 4) is 0 Å². The van der Waals surface area contributed by atoms with Crippen LogP contribution in [0.15, 0.2) is 0 Å². The lowest BCUT2D eigenvalue weighted by Crippen LogP contribution is -2.52. The molecule has 1 amide bonds. The van der Waals surface area contributed by atoms with Crippen molar-refractivity contribution in [1.29, 1.82) is 0 Å². The molecule has 0 bridgehead atoms. The van der Waals surface area contributed by atoms with Crippen LogP contribution in [0.4, 0.5) is 0 Å². The highest BCUT2D eigenvalue weighted by Crippen LogP contribution is 2.22. The molecule has 4 nitrogen and oxygen atoms in total. The second-order valence-electron chi connectivity index (χ2n) is 6.77. The molecule has 2 fully saturated rings. The first-order valence-electron chi connectivity index (χ1n) is 8.31. The third-order valence-corrected chi connectivity index (χ3v) is 4.83. The number of amides is 1. The smallest absolute Gasteiger partial charge is 0.237 e. The molecular weight excluding hydrogens is 250 g/mol. The van der Waals surface area contributed by atoms with Gasteiger partial charge in [-0.15, -0.1) is 0 Å². The number of nitrogens with one attached hydrogen (secondary N) is 1. The maximum Gasteiger partial charge on any atom is 0.237 e. The van der Waals surface area contributed by atoms with Gasteiger partial charge in [0, 0.05) is 24.7 Å². The van der Waals surface area contributed by atoms with E-state index in [1.165, 1.54) is 25.7 Å². The van der Waals surface area contributed by atoms with Gasteiger partial charge in [0.25, 0.3) is 0 Å². The Morgan fingerprint density at radius 1 is 1.15 bits per heavy atom. The molecule has 0 spiro atoms. The van der Waals surface area contributed by atoms with Crippen molar-refractivity contribution in [2.75, 3.05) is 26.7 Å². The number of carbonyl (C=O) groups is 1. The standard InChI is InChI=1S/C16H31N3O/c1-13-7-6-8-14(2)19(13)16(20)12-18(3)11-15-9-4-5-10-17-15/h13-15,17H,4-12H2,1-3H3. The normalized spacial score (nSPS) is 31.6. The zero-order valence-corrected chi connectivity index (χ0v) is 13.4. The van der Waals surface area contributed by atoms with Gasteiger partial charge in [0.1, 0.15) is 0 Å². The summed E-state index contributed by atoms with van der Waals surface area (Å²) in [6, 6.07) is 1.39. The van der Waals surface area contributed by atoms with E-state index in [1.54, 1.807) is 0 Å². The molecule has 0 radical (unpaired) electrons. The molecule has 0 aromatic carbocycles. The first-order chi connectivity index (χ1) is 9.58. The molecule has 116 valence electrons. The largest absolute Gasteiger partial charge is 0.336 e. The van der Waals surface area contributed by atoms with E-state index in [1.807, 2.05) is 0 Å². The number of hydrogen-bond donors (Lipinski definition) is 1. The molecule has 2 rings (SSSR count). The minimum absolute atomic E-state index is 0.308. The van der Waals surface area contributed by atoms with Gasteiger partial charge < -0.3 is 10.2 Å². The molecule has 20 heavy (non-hydrogen) atoms. The van der Waals surface area contributed by atoms with Gasteiger partial charge in [0.15, 0.2) is 0 Å². The Labute approximate surface area is 123 Å². The SMILES string of the molecule is CC1CCCC(C)N1C(=O)CN(C)CC1CCCCN1.